The second-order valence-corrected chi connectivity index (χ2v) is 4.34. The Hall–Kier alpha value is -1.91. The van der Waals surface area contributed by atoms with Gasteiger partial charge in [-0.25, -0.2) is 0 Å². The van der Waals surface area contributed by atoms with Crippen molar-refractivity contribution in [2.24, 2.45) is 0 Å². The van der Waals surface area contributed by atoms with Crippen molar-refractivity contribution < 1.29 is 0 Å². The van der Waals surface area contributed by atoms with Crippen LogP contribution < -0.4 is 5.32 Å². The molecule has 0 aliphatic heterocycles. The van der Waals surface area contributed by atoms with Crippen molar-refractivity contribution in [2.75, 3.05) is 5.32 Å². The van der Waals surface area contributed by atoms with Crippen molar-refractivity contribution in [1.82, 2.24) is 20.2 Å². The Morgan fingerprint density at radius 3 is 2.71 bits per heavy atom. The van der Waals surface area contributed by atoms with Crippen LogP contribution in [0.4, 0.5) is 5.95 Å². The van der Waals surface area contributed by atoms with Crippen LogP contribution in [-0.2, 0) is 6.54 Å². The zero-order chi connectivity index (χ0) is 12.3. The van der Waals surface area contributed by atoms with E-state index < -0.39 is 0 Å². The van der Waals surface area contributed by atoms with E-state index in [1.807, 2.05) is 13.1 Å². The fourth-order valence-electron chi connectivity index (χ4n) is 1.48. The van der Waals surface area contributed by atoms with Crippen LogP contribution in [0.3, 0.4) is 0 Å². The zero-order valence-electron chi connectivity index (χ0n) is 10.4. The summed E-state index contributed by atoms with van der Waals surface area (Å²) in [7, 11) is 0. The lowest BCUT2D eigenvalue weighted by Gasteiger charge is -2.06. The Morgan fingerprint density at radius 1 is 1.35 bits per heavy atom. The zero-order valence-corrected chi connectivity index (χ0v) is 10.4. The van der Waals surface area contributed by atoms with E-state index in [1.54, 1.807) is 0 Å². The van der Waals surface area contributed by atoms with Crippen molar-refractivity contribution in [1.29, 1.82) is 0 Å². The topological polar surface area (TPSA) is 66.5 Å². The molecule has 0 radical (unpaired) electrons. The summed E-state index contributed by atoms with van der Waals surface area (Å²) in [6.45, 7) is 6.83. The number of pyridine rings is 1. The quantitative estimate of drug-likeness (QED) is 0.847. The predicted octanol–water partition coefficient (Wildman–Crippen LogP) is 2.24. The third kappa shape index (κ3) is 3.03. The number of anilines is 1. The van der Waals surface area contributed by atoms with Gasteiger partial charge in [-0.3, -0.25) is 10.1 Å². The lowest BCUT2D eigenvalue weighted by Crippen LogP contribution is -2.02. The number of aryl methyl sites for hydroxylation is 1. The van der Waals surface area contributed by atoms with Gasteiger partial charge in [-0.1, -0.05) is 19.9 Å². The van der Waals surface area contributed by atoms with Crippen LogP contribution in [0.5, 0.6) is 0 Å². The molecular formula is C12H17N5. The summed E-state index contributed by atoms with van der Waals surface area (Å²) >= 11 is 0. The highest BCUT2D eigenvalue weighted by molar-refractivity contribution is 5.26. The second-order valence-electron chi connectivity index (χ2n) is 4.34. The lowest BCUT2D eigenvalue weighted by molar-refractivity contribution is 0.819. The summed E-state index contributed by atoms with van der Waals surface area (Å²) in [5.74, 6) is 1.89. The fraction of sp³-hybridized carbons (Fsp3) is 0.417. The van der Waals surface area contributed by atoms with E-state index in [2.05, 4.69) is 51.5 Å². The molecule has 0 aliphatic rings. The van der Waals surface area contributed by atoms with E-state index in [0.29, 0.717) is 18.4 Å². The van der Waals surface area contributed by atoms with Crippen LogP contribution in [-0.4, -0.2) is 20.2 Å². The van der Waals surface area contributed by atoms with Gasteiger partial charge in [-0.15, -0.1) is 5.10 Å². The van der Waals surface area contributed by atoms with E-state index >= 15 is 0 Å². The molecule has 17 heavy (non-hydrogen) atoms. The molecule has 0 aliphatic carbocycles. The van der Waals surface area contributed by atoms with Crippen LogP contribution in [0.1, 0.15) is 36.8 Å². The minimum Gasteiger partial charge on any atom is -0.349 e. The number of rotatable bonds is 4. The first-order valence-corrected chi connectivity index (χ1v) is 5.73. The number of H-pyrrole nitrogens is 1. The molecule has 5 nitrogen and oxygen atoms in total. The molecule has 0 atom stereocenters. The smallest absolute Gasteiger partial charge is 0.242 e. The summed E-state index contributed by atoms with van der Waals surface area (Å²) in [5, 5.41) is 9.94. The van der Waals surface area contributed by atoms with Crippen LogP contribution >= 0.6 is 0 Å². The average molecular weight is 231 g/mol. The van der Waals surface area contributed by atoms with Gasteiger partial charge in [-0.05, 0) is 24.5 Å². The standard InChI is InChI=1S/C12H17N5/c1-8(2)11-5-4-10(6-13-11)7-14-12-15-9(3)16-17-12/h4-6,8H,7H2,1-3H3,(H2,14,15,16,17). The Labute approximate surface area is 101 Å². The molecule has 2 aromatic heterocycles. The van der Waals surface area contributed by atoms with Gasteiger partial charge < -0.3 is 5.32 Å². The number of nitrogens with one attached hydrogen (secondary N) is 2. The average Bonchev–Trinajstić information content (AvgIpc) is 2.73. The maximum Gasteiger partial charge on any atom is 0.242 e. The molecule has 2 rings (SSSR count). The van der Waals surface area contributed by atoms with Gasteiger partial charge in [0.25, 0.3) is 0 Å². The molecule has 0 spiro atoms. The molecule has 0 fully saturated rings. The van der Waals surface area contributed by atoms with E-state index in [-0.39, 0.29) is 0 Å². The maximum atomic E-state index is 4.41. The van der Waals surface area contributed by atoms with Gasteiger partial charge >= 0.3 is 0 Å². The molecule has 5 heteroatoms. The van der Waals surface area contributed by atoms with E-state index in [4.69, 9.17) is 0 Å². The highest BCUT2D eigenvalue weighted by Gasteiger charge is 2.02. The largest absolute Gasteiger partial charge is 0.349 e. The fourth-order valence-corrected chi connectivity index (χ4v) is 1.48. The molecule has 2 heterocycles. The normalized spacial score (nSPS) is 10.8. The van der Waals surface area contributed by atoms with Crippen LogP contribution in [0, 0.1) is 6.92 Å². The molecule has 0 unspecified atom stereocenters. The van der Waals surface area contributed by atoms with Crippen molar-refractivity contribution in [3.05, 3.63) is 35.4 Å². The number of aromatic nitrogens is 4. The monoisotopic (exact) mass is 231 g/mol. The Kier molecular flexibility index (Phi) is 3.37. The van der Waals surface area contributed by atoms with Crippen molar-refractivity contribution in [2.45, 2.75) is 33.2 Å². The minimum absolute atomic E-state index is 0.465. The number of aromatic amines is 1. The highest BCUT2D eigenvalue weighted by atomic mass is 15.3. The van der Waals surface area contributed by atoms with Crippen LogP contribution in [0.2, 0.25) is 0 Å². The number of hydrogen-bond acceptors (Lipinski definition) is 4. The summed E-state index contributed by atoms with van der Waals surface area (Å²) < 4.78 is 0. The van der Waals surface area contributed by atoms with E-state index in [9.17, 15) is 0 Å². The molecule has 0 aromatic carbocycles. The Bertz CT molecular complexity index is 472. The third-order valence-corrected chi connectivity index (χ3v) is 2.49. The first kappa shape index (κ1) is 11.6. The maximum absolute atomic E-state index is 4.41. The van der Waals surface area contributed by atoms with E-state index in [0.717, 1.165) is 17.1 Å². The van der Waals surface area contributed by atoms with Gasteiger partial charge in [-0.2, -0.15) is 4.98 Å². The number of nitrogens with zero attached hydrogens (tertiary/aromatic N) is 3. The minimum atomic E-state index is 0.465. The SMILES string of the molecule is Cc1nc(NCc2ccc(C(C)C)nc2)n[nH]1. The Morgan fingerprint density at radius 2 is 2.18 bits per heavy atom. The van der Waals surface area contributed by atoms with Gasteiger partial charge in [0.15, 0.2) is 0 Å². The molecule has 0 saturated heterocycles. The molecule has 0 saturated carbocycles. The second kappa shape index (κ2) is 4.95. The van der Waals surface area contributed by atoms with Crippen molar-refractivity contribution in [3.63, 3.8) is 0 Å². The highest BCUT2D eigenvalue weighted by Crippen LogP contribution is 2.11. The first-order valence-electron chi connectivity index (χ1n) is 5.73. The lowest BCUT2D eigenvalue weighted by atomic mass is 10.1. The van der Waals surface area contributed by atoms with Gasteiger partial charge in [0.1, 0.15) is 5.82 Å². The van der Waals surface area contributed by atoms with Gasteiger partial charge in [0, 0.05) is 18.4 Å². The van der Waals surface area contributed by atoms with Crippen LogP contribution in [0.25, 0.3) is 0 Å². The molecule has 0 amide bonds. The Balaban J connectivity index is 1.95. The molecule has 0 bridgehead atoms. The summed E-state index contributed by atoms with van der Waals surface area (Å²) in [6, 6.07) is 4.14. The summed E-state index contributed by atoms with van der Waals surface area (Å²) in [4.78, 5) is 8.58. The molecule has 90 valence electrons. The first-order chi connectivity index (χ1) is 8.15. The molecule has 2 aromatic rings. The molecular weight excluding hydrogens is 214 g/mol. The predicted molar refractivity (Wildman–Crippen MR) is 66.8 cm³/mol. The summed E-state index contributed by atoms with van der Waals surface area (Å²) in [5.41, 5.74) is 2.24. The summed E-state index contributed by atoms with van der Waals surface area (Å²) in [6.07, 6.45) is 1.89. The molecule has 2 N–H and O–H groups in total. The third-order valence-electron chi connectivity index (χ3n) is 2.49. The van der Waals surface area contributed by atoms with Crippen LogP contribution in [0.15, 0.2) is 18.3 Å². The van der Waals surface area contributed by atoms with Gasteiger partial charge in [0.2, 0.25) is 5.95 Å². The van der Waals surface area contributed by atoms with E-state index in [1.165, 1.54) is 0 Å². The van der Waals surface area contributed by atoms with Crippen molar-refractivity contribution >= 4 is 5.95 Å². The van der Waals surface area contributed by atoms with Crippen molar-refractivity contribution in [3.8, 4) is 0 Å². The van der Waals surface area contributed by atoms with Gasteiger partial charge in [0.05, 0.1) is 0 Å². The number of hydrogen-bond donors (Lipinski definition) is 2.